The fourth-order valence-electron chi connectivity index (χ4n) is 2.16. The standard InChI is InChI=1S/C14H16N4O2/c19-13(9-20-10-4-2-1-3-5-10)16-14-11-8-15-7-6-12(11)17-18-14/h1-5,15H,6-9H2,(H2,16,17,18,19). The molecule has 0 atom stereocenters. The number of ether oxygens (including phenoxy) is 1. The molecular formula is C14H16N4O2. The Hall–Kier alpha value is -2.34. The Balaban J connectivity index is 1.58. The number of aromatic amines is 1. The summed E-state index contributed by atoms with van der Waals surface area (Å²) in [5.74, 6) is 1.05. The van der Waals surface area contributed by atoms with E-state index < -0.39 is 0 Å². The van der Waals surface area contributed by atoms with E-state index in [0.717, 1.165) is 30.8 Å². The lowest BCUT2D eigenvalue weighted by Crippen LogP contribution is -2.25. The van der Waals surface area contributed by atoms with Crippen LogP contribution in [0.1, 0.15) is 11.3 Å². The molecule has 0 spiro atoms. The molecule has 0 saturated carbocycles. The lowest BCUT2D eigenvalue weighted by molar-refractivity contribution is -0.118. The summed E-state index contributed by atoms with van der Waals surface area (Å²) in [6.07, 6.45) is 0.902. The van der Waals surface area contributed by atoms with Crippen LogP contribution in [0.3, 0.4) is 0 Å². The van der Waals surface area contributed by atoms with E-state index in [1.165, 1.54) is 0 Å². The van der Waals surface area contributed by atoms with E-state index in [1.54, 1.807) is 0 Å². The summed E-state index contributed by atoms with van der Waals surface area (Å²) < 4.78 is 5.39. The molecule has 0 aliphatic carbocycles. The number of nitrogens with zero attached hydrogens (tertiary/aromatic N) is 1. The lowest BCUT2D eigenvalue weighted by Gasteiger charge is -2.13. The van der Waals surface area contributed by atoms with E-state index in [-0.39, 0.29) is 12.5 Å². The van der Waals surface area contributed by atoms with Crippen LogP contribution in [0.2, 0.25) is 0 Å². The quantitative estimate of drug-likeness (QED) is 0.778. The fourth-order valence-corrected chi connectivity index (χ4v) is 2.16. The van der Waals surface area contributed by atoms with E-state index in [2.05, 4.69) is 20.8 Å². The Labute approximate surface area is 116 Å². The number of amides is 1. The summed E-state index contributed by atoms with van der Waals surface area (Å²) in [7, 11) is 0. The minimum absolute atomic E-state index is 0.0287. The van der Waals surface area contributed by atoms with E-state index in [4.69, 9.17) is 4.74 Å². The highest BCUT2D eigenvalue weighted by atomic mass is 16.5. The second-order valence-corrected chi connectivity index (χ2v) is 4.61. The molecule has 6 nitrogen and oxygen atoms in total. The van der Waals surface area contributed by atoms with Gasteiger partial charge in [0, 0.05) is 30.8 Å². The highest BCUT2D eigenvalue weighted by molar-refractivity contribution is 5.91. The Morgan fingerprint density at radius 1 is 1.35 bits per heavy atom. The van der Waals surface area contributed by atoms with E-state index in [1.807, 2.05) is 30.3 Å². The molecule has 0 bridgehead atoms. The van der Waals surface area contributed by atoms with Gasteiger partial charge in [0.25, 0.3) is 5.91 Å². The molecule has 1 aromatic heterocycles. The molecule has 1 amide bonds. The zero-order chi connectivity index (χ0) is 13.8. The molecule has 1 aromatic carbocycles. The van der Waals surface area contributed by atoms with E-state index in [9.17, 15) is 4.79 Å². The van der Waals surface area contributed by atoms with Crippen molar-refractivity contribution in [2.75, 3.05) is 18.5 Å². The normalized spacial score (nSPS) is 13.6. The monoisotopic (exact) mass is 272 g/mol. The predicted molar refractivity (Wildman–Crippen MR) is 74.6 cm³/mol. The van der Waals surface area contributed by atoms with Crippen molar-refractivity contribution in [2.24, 2.45) is 0 Å². The summed E-state index contributed by atoms with van der Waals surface area (Å²) >= 11 is 0. The maximum Gasteiger partial charge on any atom is 0.263 e. The molecule has 3 N–H and O–H groups in total. The zero-order valence-corrected chi connectivity index (χ0v) is 11.0. The van der Waals surface area contributed by atoms with Gasteiger partial charge in [0.15, 0.2) is 12.4 Å². The van der Waals surface area contributed by atoms with Crippen LogP contribution in [0, 0.1) is 0 Å². The van der Waals surface area contributed by atoms with Gasteiger partial charge in [-0.3, -0.25) is 9.89 Å². The van der Waals surface area contributed by atoms with Gasteiger partial charge in [0.05, 0.1) is 0 Å². The summed E-state index contributed by atoms with van der Waals surface area (Å²) in [6.45, 7) is 1.62. The van der Waals surface area contributed by atoms with Gasteiger partial charge in [-0.25, -0.2) is 0 Å². The van der Waals surface area contributed by atoms with Gasteiger partial charge >= 0.3 is 0 Å². The molecule has 0 radical (unpaired) electrons. The topological polar surface area (TPSA) is 79.0 Å². The third-order valence-corrected chi connectivity index (χ3v) is 3.18. The average Bonchev–Trinajstić information content (AvgIpc) is 2.90. The number of fused-ring (bicyclic) bond motifs is 1. The smallest absolute Gasteiger partial charge is 0.263 e. The Morgan fingerprint density at radius 3 is 3.05 bits per heavy atom. The van der Waals surface area contributed by atoms with Crippen molar-refractivity contribution in [3.63, 3.8) is 0 Å². The minimum atomic E-state index is -0.214. The molecule has 0 unspecified atom stereocenters. The van der Waals surface area contributed by atoms with Crippen LogP contribution in [0.4, 0.5) is 5.82 Å². The Morgan fingerprint density at radius 2 is 2.20 bits per heavy atom. The molecule has 2 heterocycles. The Bertz CT molecular complexity index is 594. The lowest BCUT2D eigenvalue weighted by atomic mass is 10.1. The third kappa shape index (κ3) is 2.80. The van der Waals surface area contributed by atoms with Gasteiger partial charge < -0.3 is 15.4 Å². The average molecular weight is 272 g/mol. The number of hydrogen-bond donors (Lipinski definition) is 3. The van der Waals surface area contributed by atoms with Gasteiger partial charge in [0.2, 0.25) is 0 Å². The van der Waals surface area contributed by atoms with Crippen LogP contribution in [0.5, 0.6) is 5.75 Å². The van der Waals surface area contributed by atoms with Crippen molar-refractivity contribution in [3.05, 3.63) is 41.6 Å². The van der Waals surface area contributed by atoms with Crippen LogP contribution >= 0.6 is 0 Å². The second kappa shape index (κ2) is 5.75. The first-order valence-electron chi connectivity index (χ1n) is 6.57. The molecule has 1 aliphatic rings. The molecule has 1 aliphatic heterocycles. The SMILES string of the molecule is O=C(COc1ccccc1)Nc1n[nH]c2c1CNCC2. The highest BCUT2D eigenvalue weighted by Crippen LogP contribution is 2.19. The molecule has 2 aromatic rings. The van der Waals surface area contributed by atoms with E-state index >= 15 is 0 Å². The van der Waals surface area contributed by atoms with Crippen LogP contribution in [0.25, 0.3) is 0 Å². The first-order chi connectivity index (χ1) is 9.83. The van der Waals surface area contributed by atoms with Gasteiger partial charge in [0.1, 0.15) is 5.75 Å². The molecule has 3 rings (SSSR count). The van der Waals surface area contributed by atoms with Crippen molar-refractivity contribution in [2.45, 2.75) is 13.0 Å². The zero-order valence-electron chi connectivity index (χ0n) is 11.0. The van der Waals surface area contributed by atoms with Crippen LogP contribution < -0.4 is 15.4 Å². The third-order valence-electron chi connectivity index (χ3n) is 3.18. The molecular weight excluding hydrogens is 256 g/mol. The summed E-state index contributed by atoms with van der Waals surface area (Å²) in [5.41, 5.74) is 2.12. The number of hydrogen-bond acceptors (Lipinski definition) is 4. The summed E-state index contributed by atoms with van der Waals surface area (Å²) in [5, 5.41) is 13.1. The number of anilines is 1. The molecule has 6 heteroatoms. The Kier molecular flexibility index (Phi) is 3.64. The number of nitrogens with one attached hydrogen (secondary N) is 3. The number of carbonyl (C=O) groups is 1. The van der Waals surface area contributed by atoms with Crippen LogP contribution in [0.15, 0.2) is 30.3 Å². The van der Waals surface area contributed by atoms with Crippen molar-refractivity contribution < 1.29 is 9.53 Å². The van der Waals surface area contributed by atoms with Gasteiger partial charge in [-0.2, -0.15) is 5.10 Å². The van der Waals surface area contributed by atoms with Crippen LogP contribution in [-0.2, 0) is 17.8 Å². The number of para-hydroxylation sites is 1. The number of aromatic nitrogens is 2. The largest absolute Gasteiger partial charge is 0.484 e. The van der Waals surface area contributed by atoms with Crippen molar-refractivity contribution in [1.82, 2.24) is 15.5 Å². The molecule has 0 fully saturated rings. The van der Waals surface area contributed by atoms with Crippen molar-refractivity contribution in [1.29, 1.82) is 0 Å². The van der Waals surface area contributed by atoms with Gasteiger partial charge in [-0.15, -0.1) is 0 Å². The number of rotatable bonds is 4. The number of H-pyrrole nitrogens is 1. The first kappa shape index (κ1) is 12.7. The molecule has 104 valence electrons. The minimum Gasteiger partial charge on any atom is -0.484 e. The molecule has 0 saturated heterocycles. The molecule has 20 heavy (non-hydrogen) atoms. The maximum absolute atomic E-state index is 11.9. The van der Waals surface area contributed by atoms with Gasteiger partial charge in [-0.1, -0.05) is 18.2 Å². The van der Waals surface area contributed by atoms with Crippen molar-refractivity contribution >= 4 is 11.7 Å². The fraction of sp³-hybridized carbons (Fsp3) is 0.286. The second-order valence-electron chi connectivity index (χ2n) is 4.61. The summed E-state index contributed by atoms with van der Waals surface area (Å²) in [6, 6.07) is 9.25. The predicted octanol–water partition coefficient (Wildman–Crippen LogP) is 1.07. The van der Waals surface area contributed by atoms with Gasteiger partial charge in [-0.05, 0) is 12.1 Å². The van der Waals surface area contributed by atoms with Crippen molar-refractivity contribution in [3.8, 4) is 5.75 Å². The number of carbonyl (C=O) groups excluding carboxylic acids is 1. The highest BCUT2D eigenvalue weighted by Gasteiger charge is 2.18. The number of benzene rings is 1. The maximum atomic E-state index is 11.9. The van der Waals surface area contributed by atoms with E-state index in [0.29, 0.717) is 11.6 Å². The first-order valence-corrected chi connectivity index (χ1v) is 6.57. The van der Waals surface area contributed by atoms with Crippen LogP contribution in [-0.4, -0.2) is 29.3 Å². The summed E-state index contributed by atoms with van der Waals surface area (Å²) in [4.78, 5) is 11.9.